The number of ether oxygens (including phenoxy) is 3. The number of esters is 2. The van der Waals surface area contributed by atoms with Gasteiger partial charge in [0, 0.05) is 0 Å². The zero-order valence-corrected chi connectivity index (χ0v) is 19.7. The topological polar surface area (TPSA) is 139 Å². The van der Waals surface area contributed by atoms with Crippen LogP contribution in [0.2, 0.25) is 0 Å². The summed E-state index contributed by atoms with van der Waals surface area (Å²) in [6, 6.07) is 0. The summed E-state index contributed by atoms with van der Waals surface area (Å²) in [5.74, 6) is -3.42. The molecule has 0 aromatic rings. The average Bonchev–Trinajstić information content (AvgIpc) is 2.62. The molecule has 30 heavy (non-hydrogen) atoms. The summed E-state index contributed by atoms with van der Waals surface area (Å²) < 4.78 is 38.8. The number of carbonyl (C=O) groups is 3. The first-order valence-corrected chi connectivity index (χ1v) is 11.1. The van der Waals surface area contributed by atoms with E-state index in [0.29, 0.717) is 0 Å². The normalized spacial score (nSPS) is 14.5. The van der Waals surface area contributed by atoms with Gasteiger partial charge in [0.15, 0.2) is 5.66 Å². The smallest absolute Gasteiger partial charge is 0.428 e. The fourth-order valence-electron chi connectivity index (χ4n) is 2.39. The molecule has 1 amide bonds. The van der Waals surface area contributed by atoms with E-state index in [1.54, 1.807) is 41.5 Å². The maximum Gasteiger partial charge on any atom is 0.428 e. The van der Waals surface area contributed by atoms with Crippen molar-refractivity contribution in [3.05, 3.63) is 0 Å². The third-order valence-corrected chi connectivity index (χ3v) is 5.86. The summed E-state index contributed by atoms with van der Waals surface area (Å²) in [6.45, 7) is 10.9. The van der Waals surface area contributed by atoms with Crippen LogP contribution in [-0.2, 0) is 37.4 Å². The summed E-state index contributed by atoms with van der Waals surface area (Å²) in [5, 5.41) is 3.83. The molecule has 0 radical (unpaired) electrons. The molecule has 0 bridgehead atoms. The van der Waals surface area contributed by atoms with Crippen molar-refractivity contribution >= 4 is 31.3 Å². The molecule has 12 heteroatoms. The van der Waals surface area contributed by atoms with Gasteiger partial charge in [-0.1, -0.05) is 0 Å². The van der Waals surface area contributed by atoms with E-state index in [9.17, 15) is 18.9 Å². The number of methoxy groups -OCH3 is 1. The lowest BCUT2D eigenvalue weighted by molar-refractivity contribution is -0.151. The van der Waals surface area contributed by atoms with Gasteiger partial charge < -0.3 is 23.3 Å². The molecule has 0 aliphatic rings. The highest BCUT2D eigenvalue weighted by atomic mass is 31.2. The SMILES string of the molecule is CCOC(=O)C(C(C(=O)OC)/C(C)=N/NC(=O)OC(C)(C)C)P(=O)(OCC)OCC. The van der Waals surface area contributed by atoms with Crippen LogP contribution in [0, 0.1) is 5.92 Å². The van der Waals surface area contributed by atoms with Crippen molar-refractivity contribution in [3.8, 4) is 0 Å². The zero-order valence-electron chi connectivity index (χ0n) is 18.8. The fraction of sp³-hybridized carbons (Fsp3) is 0.778. The standard InChI is InChI=1S/C18H33N2O9P/c1-9-26-16(22)14(30(24,27-10-2)28-11-3)13(15(21)25-8)12(4)19-20-17(23)29-18(5,6)7/h13-14H,9-11H2,1-8H3,(H,20,23)/b19-12+. The Hall–Kier alpha value is -1.97. The molecule has 0 aromatic carbocycles. The quantitative estimate of drug-likeness (QED) is 0.165. The minimum absolute atomic E-state index is 0.0339. The van der Waals surface area contributed by atoms with Crippen molar-refractivity contribution in [2.45, 2.75) is 59.7 Å². The molecule has 0 rings (SSSR count). The van der Waals surface area contributed by atoms with Gasteiger partial charge in [0.2, 0.25) is 0 Å². The van der Waals surface area contributed by atoms with Crippen molar-refractivity contribution in [2.24, 2.45) is 11.0 Å². The minimum Gasteiger partial charge on any atom is -0.468 e. The maximum atomic E-state index is 13.4. The molecule has 1 N–H and O–H groups in total. The molecule has 0 saturated carbocycles. The van der Waals surface area contributed by atoms with Crippen molar-refractivity contribution in [2.75, 3.05) is 26.9 Å². The Labute approximate surface area is 177 Å². The van der Waals surface area contributed by atoms with Crippen LogP contribution in [0.25, 0.3) is 0 Å². The van der Waals surface area contributed by atoms with Gasteiger partial charge in [0.1, 0.15) is 11.5 Å². The number of hydrazone groups is 1. The van der Waals surface area contributed by atoms with Crippen molar-refractivity contribution in [1.82, 2.24) is 5.43 Å². The fourth-order valence-corrected chi connectivity index (χ4v) is 4.54. The highest BCUT2D eigenvalue weighted by Crippen LogP contribution is 2.56. The molecule has 174 valence electrons. The van der Waals surface area contributed by atoms with Crippen LogP contribution in [0.1, 0.15) is 48.5 Å². The van der Waals surface area contributed by atoms with Crippen LogP contribution >= 0.6 is 7.60 Å². The largest absolute Gasteiger partial charge is 0.468 e. The summed E-state index contributed by atoms with van der Waals surface area (Å²) >= 11 is 0. The number of amides is 1. The van der Waals surface area contributed by atoms with Gasteiger partial charge in [0.05, 0.1) is 32.6 Å². The minimum atomic E-state index is -4.17. The van der Waals surface area contributed by atoms with Crippen LogP contribution < -0.4 is 5.43 Å². The molecule has 2 unspecified atom stereocenters. The number of carbonyl (C=O) groups excluding carboxylic acids is 3. The van der Waals surface area contributed by atoms with Crippen LogP contribution in [0.4, 0.5) is 4.79 Å². The Morgan fingerprint density at radius 1 is 1.00 bits per heavy atom. The molecule has 2 atom stereocenters. The van der Waals surface area contributed by atoms with Gasteiger partial charge in [0.25, 0.3) is 0 Å². The number of nitrogens with one attached hydrogen (secondary N) is 1. The molecule has 0 heterocycles. The molecular formula is C18H33N2O9P. The van der Waals surface area contributed by atoms with Gasteiger partial charge in [-0.15, -0.1) is 0 Å². The molecule has 11 nitrogen and oxygen atoms in total. The zero-order chi connectivity index (χ0) is 23.5. The van der Waals surface area contributed by atoms with E-state index in [2.05, 4.69) is 10.5 Å². The number of hydrogen-bond donors (Lipinski definition) is 1. The summed E-state index contributed by atoms with van der Waals surface area (Å²) in [7, 11) is -3.08. The van der Waals surface area contributed by atoms with E-state index >= 15 is 0 Å². The van der Waals surface area contributed by atoms with Gasteiger partial charge in [-0.25, -0.2) is 10.2 Å². The molecule has 0 aromatic heterocycles. The van der Waals surface area contributed by atoms with Crippen LogP contribution in [-0.4, -0.2) is 61.9 Å². The number of nitrogens with zero attached hydrogens (tertiary/aromatic N) is 1. The molecule has 0 saturated heterocycles. The second-order valence-electron chi connectivity index (χ2n) is 6.94. The maximum absolute atomic E-state index is 13.4. The summed E-state index contributed by atoms with van der Waals surface area (Å²) in [5.41, 5.74) is -0.405. The number of rotatable bonds is 11. The molecule has 0 aliphatic carbocycles. The molecular weight excluding hydrogens is 419 g/mol. The van der Waals surface area contributed by atoms with E-state index in [4.69, 9.17) is 23.3 Å². The Balaban J connectivity index is 6.21. The van der Waals surface area contributed by atoms with Gasteiger partial charge >= 0.3 is 25.6 Å². The summed E-state index contributed by atoms with van der Waals surface area (Å²) in [6.07, 6.45) is -0.879. The lowest BCUT2D eigenvalue weighted by Gasteiger charge is -2.29. The number of hydrogen-bond acceptors (Lipinski definition) is 10. The highest BCUT2D eigenvalue weighted by molar-refractivity contribution is 7.55. The predicted octanol–water partition coefficient (Wildman–Crippen LogP) is 2.87. The first-order chi connectivity index (χ1) is 13.9. The first-order valence-electron chi connectivity index (χ1n) is 9.53. The molecule has 0 fully saturated rings. The first kappa shape index (κ1) is 28.0. The van der Waals surface area contributed by atoms with Gasteiger partial charge in [-0.05, 0) is 48.5 Å². The average molecular weight is 452 g/mol. The lowest BCUT2D eigenvalue weighted by Crippen LogP contribution is -2.42. The Bertz CT molecular complexity index is 663. The van der Waals surface area contributed by atoms with Crippen molar-refractivity contribution in [1.29, 1.82) is 0 Å². The third kappa shape index (κ3) is 8.81. The van der Waals surface area contributed by atoms with E-state index in [0.717, 1.165) is 7.11 Å². The molecule has 0 spiro atoms. The van der Waals surface area contributed by atoms with E-state index in [1.807, 2.05) is 0 Å². The van der Waals surface area contributed by atoms with Crippen molar-refractivity contribution in [3.63, 3.8) is 0 Å². The lowest BCUT2D eigenvalue weighted by atomic mass is 10.00. The second-order valence-corrected chi connectivity index (χ2v) is 9.09. The monoisotopic (exact) mass is 452 g/mol. The van der Waals surface area contributed by atoms with Crippen LogP contribution in [0.3, 0.4) is 0 Å². The Kier molecular flexibility index (Phi) is 11.8. The second kappa shape index (κ2) is 12.7. The van der Waals surface area contributed by atoms with Crippen LogP contribution in [0.15, 0.2) is 5.10 Å². The van der Waals surface area contributed by atoms with Crippen molar-refractivity contribution < 1.29 is 42.2 Å². The molecule has 0 aliphatic heterocycles. The third-order valence-electron chi connectivity index (χ3n) is 3.43. The summed E-state index contributed by atoms with van der Waals surface area (Å²) in [4.78, 5) is 37.1. The van der Waals surface area contributed by atoms with Gasteiger partial charge in [-0.2, -0.15) is 5.10 Å². The Morgan fingerprint density at radius 3 is 1.93 bits per heavy atom. The highest BCUT2D eigenvalue weighted by Gasteiger charge is 2.52. The van der Waals surface area contributed by atoms with E-state index < -0.39 is 42.8 Å². The van der Waals surface area contributed by atoms with E-state index in [1.165, 1.54) is 6.92 Å². The Morgan fingerprint density at radius 2 is 1.53 bits per heavy atom. The predicted molar refractivity (Wildman–Crippen MR) is 109 cm³/mol. The van der Waals surface area contributed by atoms with Gasteiger partial charge in [-0.3, -0.25) is 14.2 Å². The van der Waals surface area contributed by atoms with E-state index in [-0.39, 0.29) is 25.5 Å². The van der Waals surface area contributed by atoms with Crippen LogP contribution in [0.5, 0.6) is 0 Å².